The molecule has 0 bridgehead atoms. The second-order valence-electron chi connectivity index (χ2n) is 6.63. The molecule has 0 aromatic heterocycles. The van der Waals surface area contributed by atoms with Crippen molar-refractivity contribution >= 4 is 11.6 Å². The highest BCUT2D eigenvalue weighted by Crippen LogP contribution is 2.39. The van der Waals surface area contributed by atoms with Crippen molar-refractivity contribution in [1.29, 1.82) is 5.26 Å². The van der Waals surface area contributed by atoms with Gasteiger partial charge in [-0.3, -0.25) is 9.59 Å². The Morgan fingerprint density at radius 1 is 1.27 bits per heavy atom. The van der Waals surface area contributed by atoms with E-state index in [2.05, 4.69) is 6.07 Å². The summed E-state index contributed by atoms with van der Waals surface area (Å²) in [5.74, 6) is -0.887. The molecule has 3 heteroatoms. The molecule has 22 heavy (non-hydrogen) atoms. The predicted molar refractivity (Wildman–Crippen MR) is 85.3 cm³/mol. The quantitative estimate of drug-likeness (QED) is 0.799. The van der Waals surface area contributed by atoms with Gasteiger partial charge in [-0.1, -0.05) is 25.1 Å². The Kier molecular flexibility index (Phi) is 4.81. The van der Waals surface area contributed by atoms with Gasteiger partial charge in [-0.25, -0.2) is 0 Å². The van der Waals surface area contributed by atoms with E-state index in [1.54, 1.807) is 0 Å². The van der Waals surface area contributed by atoms with E-state index in [-0.39, 0.29) is 29.3 Å². The van der Waals surface area contributed by atoms with Crippen LogP contribution in [0.1, 0.15) is 49.3 Å². The van der Waals surface area contributed by atoms with Crippen LogP contribution in [-0.4, -0.2) is 11.6 Å². The SMILES string of the molecule is Cc1cccc(C)c1C1C(=O)CC(CC(C)C#N)C(C)C1=O. The van der Waals surface area contributed by atoms with Gasteiger partial charge in [0.2, 0.25) is 0 Å². The number of nitriles is 1. The zero-order valence-corrected chi connectivity index (χ0v) is 13.7. The molecule has 0 radical (unpaired) electrons. The molecule has 0 spiro atoms. The van der Waals surface area contributed by atoms with E-state index in [0.717, 1.165) is 16.7 Å². The summed E-state index contributed by atoms with van der Waals surface area (Å²) in [6.07, 6.45) is 1.02. The van der Waals surface area contributed by atoms with Gasteiger partial charge in [0.25, 0.3) is 0 Å². The van der Waals surface area contributed by atoms with Crippen molar-refractivity contribution in [1.82, 2.24) is 0 Å². The van der Waals surface area contributed by atoms with Crippen molar-refractivity contribution in [3.63, 3.8) is 0 Å². The van der Waals surface area contributed by atoms with Crippen molar-refractivity contribution in [2.75, 3.05) is 0 Å². The van der Waals surface area contributed by atoms with E-state index in [1.165, 1.54) is 0 Å². The molecule has 1 aromatic rings. The maximum Gasteiger partial charge on any atom is 0.150 e. The second-order valence-corrected chi connectivity index (χ2v) is 6.63. The lowest BCUT2D eigenvalue weighted by Crippen LogP contribution is -2.39. The molecule has 4 unspecified atom stereocenters. The van der Waals surface area contributed by atoms with Crippen LogP contribution in [0.4, 0.5) is 0 Å². The van der Waals surface area contributed by atoms with Gasteiger partial charge < -0.3 is 0 Å². The summed E-state index contributed by atoms with van der Waals surface area (Å²) in [6, 6.07) is 8.06. The Balaban J connectivity index is 2.33. The Labute approximate surface area is 132 Å². The van der Waals surface area contributed by atoms with Gasteiger partial charge in [0, 0.05) is 18.3 Å². The molecular formula is C19H23NO2. The lowest BCUT2D eigenvalue weighted by molar-refractivity contribution is -0.137. The highest BCUT2D eigenvalue weighted by molar-refractivity contribution is 6.11. The van der Waals surface area contributed by atoms with Gasteiger partial charge >= 0.3 is 0 Å². The van der Waals surface area contributed by atoms with Crippen LogP contribution >= 0.6 is 0 Å². The monoisotopic (exact) mass is 297 g/mol. The smallest absolute Gasteiger partial charge is 0.150 e. The Bertz CT molecular complexity index is 621. The van der Waals surface area contributed by atoms with Crippen molar-refractivity contribution in [3.05, 3.63) is 34.9 Å². The number of benzene rings is 1. The van der Waals surface area contributed by atoms with Crippen LogP contribution in [0.15, 0.2) is 18.2 Å². The van der Waals surface area contributed by atoms with Gasteiger partial charge in [0.1, 0.15) is 11.7 Å². The first kappa shape index (κ1) is 16.4. The number of carbonyl (C=O) groups excluding carboxylic acids is 2. The summed E-state index contributed by atoms with van der Waals surface area (Å²) in [6.45, 7) is 7.66. The molecule has 0 aliphatic heterocycles. The number of rotatable bonds is 3. The number of Topliss-reactive ketones (excluding diaryl/α,β-unsaturated/α-hetero) is 2. The molecular weight excluding hydrogens is 274 g/mol. The van der Waals surface area contributed by atoms with Crippen LogP contribution in [-0.2, 0) is 9.59 Å². The minimum absolute atomic E-state index is 0.00442. The molecule has 1 fully saturated rings. The summed E-state index contributed by atoms with van der Waals surface area (Å²) in [5, 5.41) is 8.97. The van der Waals surface area contributed by atoms with Crippen LogP contribution in [0, 0.1) is 42.9 Å². The molecule has 3 nitrogen and oxygen atoms in total. The molecule has 4 atom stereocenters. The molecule has 1 saturated carbocycles. The van der Waals surface area contributed by atoms with Gasteiger partial charge in [-0.05, 0) is 49.8 Å². The highest BCUT2D eigenvalue weighted by Gasteiger charge is 2.42. The average molecular weight is 297 g/mol. The summed E-state index contributed by atoms with van der Waals surface area (Å²) < 4.78 is 0. The number of ketones is 2. The predicted octanol–water partition coefficient (Wildman–Crippen LogP) is 3.73. The van der Waals surface area contributed by atoms with Crippen LogP contribution in [0.2, 0.25) is 0 Å². The van der Waals surface area contributed by atoms with Gasteiger partial charge in [-0.2, -0.15) is 5.26 Å². The topological polar surface area (TPSA) is 57.9 Å². The van der Waals surface area contributed by atoms with Crippen molar-refractivity contribution in [2.45, 2.75) is 46.5 Å². The lowest BCUT2D eigenvalue weighted by Gasteiger charge is -2.33. The second kappa shape index (κ2) is 6.44. The summed E-state index contributed by atoms with van der Waals surface area (Å²) in [5.41, 5.74) is 2.89. The number of hydrogen-bond donors (Lipinski definition) is 0. The molecule has 1 aromatic carbocycles. The third kappa shape index (κ3) is 2.97. The minimum atomic E-state index is -0.621. The zero-order chi connectivity index (χ0) is 16.4. The maximum atomic E-state index is 12.8. The Morgan fingerprint density at radius 3 is 2.41 bits per heavy atom. The molecule has 2 rings (SSSR count). The molecule has 1 aliphatic rings. The van der Waals surface area contributed by atoms with E-state index in [0.29, 0.717) is 12.8 Å². The Hall–Kier alpha value is -1.95. The molecule has 0 N–H and O–H groups in total. The van der Waals surface area contributed by atoms with Crippen molar-refractivity contribution in [2.24, 2.45) is 17.8 Å². The third-order valence-corrected chi connectivity index (χ3v) is 4.93. The summed E-state index contributed by atoms with van der Waals surface area (Å²) in [7, 11) is 0. The van der Waals surface area contributed by atoms with E-state index in [4.69, 9.17) is 5.26 Å². The first-order valence-electron chi connectivity index (χ1n) is 7.89. The van der Waals surface area contributed by atoms with Gasteiger partial charge in [0.15, 0.2) is 5.78 Å². The van der Waals surface area contributed by atoms with Gasteiger partial charge in [-0.15, -0.1) is 0 Å². The molecule has 116 valence electrons. The number of carbonyl (C=O) groups is 2. The van der Waals surface area contributed by atoms with E-state index in [9.17, 15) is 9.59 Å². The average Bonchev–Trinajstić information content (AvgIpc) is 2.47. The summed E-state index contributed by atoms with van der Waals surface area (Å²) >= 11 is 0. The van der Waals surface area contributed by atoms with Crippen LogP contribution < -0.4 is 0 Å². The molecule has 1 aliphatic carbocycles. The van der Waals surface area contributed by atoms with Crippen LogP contribution in [0.5, 0.6) is 0 Å². The molecule has 0 heterocycles. The van der Waals surface area contributed by atoms with E-state index in [1.807, 2.05) is 45.9 Å². The maximum absolute atomic E-state index is 12.8. The standard InChI is InChI=1S/C19H23NO2/c1-11(10-20)8-15-9-16(21)18(19(22)14(15)4)17-12(2)6-5-7-13(17)3/h5-7,11,14-15,18H,8-9H2,1-4H3. The summed E-state index contributed by atoms with van der Waals surface area (Å²) in [4.78, 5) is 25.4. The first-order chi connectivity index (χ1) is 10.4. The zero-order valence-electron chi connectivity index (χ0n) is 13.7. The van der Waals surface area contributed by atoms with E-state index >= 15 is 0 Å². The van der Waals surface area contributed by atoms with Crippen LogP contribution in [0.3, 0.4) is 0 Å². The van der Waals surface area contributed by atoms with Crippen molar-refractivity contribution < 1.29 is 9.59 Å². The molecule has 0 saturated heterocycles. The fraction of sp³-hybridized carbons (Fsp3) is 0.526. The van der Waals surface area contributed by atoms with Crippen LogP contribution in [0.25, 0.3) is 0 Å². The Morgan fingerprint density at radius 2 is 1.86 bits per heavy atom. The lowest BCUT2D eigenvalue weighted by atomic mass is 9.67. The largest absolute Gasteiger partial charge is 0.299 e. The first-order valence-corrected chi connectivity index (χ1v) is 7.89. The number of nitrogens with zero attached hydrogens (tertiary/aromatic N) is 1. The molecule has 0 amide bonds. The fourth-order valence-corrected chi connectivity index (χ4v) is 3.59. The normalized spacial score (nSPS) is 26.6. The third-order valence-electron chi connectivity index (χ3n) is 4.93. The minimum Gasteiger partial charge on any atom is -0.299 e. The fourth-order valence-electron chi connectivity index (χ4n) is 3.59. The number of aryl methyl sites for hydroxylation is 2. The highest BCUT2D eigenvalue weighted by atomic mass is 16.2. The van der Waals surface area contributed by atoms with E-state index < -0.39 is 5.92 Å². The number of hydrogen-bond acceptors (Lipinski definition) is 3. The van der Waals surface area contributed by atoms with Gasteiger partial charge in [0.05, 0.1) is 6.07 Å². The van der Waals surface area contributed by atoms with Crippen molar-refractivity contribution in [3.8, 4) is 6.07 Å².